The lowest BCUT2D eigenvalue weighted by Gasteiger charge is -2.28. The van der Waals surface area contributed by atoms with Crippen LogP contribution in [0, 0.1) is 11.8 Å². The van der Waals surface area contributed by atoms with Crippen LogP contribution in [0.4, 0.5) is 0 Å². The van der Waals surface area contributed by atoms with Gasteiger partial charge in [-0.15, -0.1) is 0 Å². The van der Waals surface area contributed by atoms with E-state index in [1.54, 1.807) is 0 Å². The second kappa shape index (κ2) is 5.92. The van der Waals surface area contributed by atoms with Gasteiger partial charge in [0.05, 0.1) is 0 Å². The van der Waals surface area contributed by atoms with E-state index in [-0.39, 0.29) is 0 Å². The van der Waals surface area contributed by atoms with Crippen molar-refractivity contribution in [3.05, 3.63) is 0 Å². The Kier molecular flexibility index (Phi) is 5.18. The molecule has 0 spiro atoms. The van der Waals surface area contributed by atoms with Gasteiger partial charge in [-0.3, -0.25) is 0 Å². The fraction of sp³-hybridized carbons (Fsp3) is 1.00. The maximum absolute atomic E-state index is 3.43. The van der Waals surface area contributed by atoms with E-state index in [0.29, 0.717) is 0 Å². The average Bonchev–Trinajstić information content (AvgIpc) is 2.15. The van der Waals surface area contributed by atoms with Crippen molar-refractivity contribution < 1.29 is 0 Å². The van der Waals surface area contributed by atoms with Gasteiger partial charge >= 0.3 is 0 Å². The summed E-state index contributed by atoms with van der Waals surface area (Å²) in [7, 11) is 0. The fourth-order valence-corrected chi connectivity index (χ4v) is 3.03. The van der Waals surface area contributed by atoms with Crippen molar-refractivity contribution >= 4 is 11.8 Å². The first-order valence-electron chi connectivity index (χ1n) is 5.52. The molecule has 0 radical (unpaired) electrons. The van der Waals surface area contributed by atoms with Crippen LogP contribution in [0.25, 0.3) is 0 Å². The number of hydrogen-bond acceptors (Lipinski definition) is 2. The lowest BCUT2D eigenvalue weighted by molar-refractivity contribution is 0.372. The summed E-state index contributed by atoms with van der Waals surface area (Å²) in [6, 6.07) is 0. The molecule has 1 unspecified atom stereocenters. The van der Waals surface area contributed by atoms with E-state index in [4.69, 9.17) is 0 Å². The SMILES string of the molecule is CC(C)CSC(C)C1CCNCC1. The summed E-state index contributed by atoms with van der Waals surface area (Å²) in [6.45, 7) is 9.49. The van der Waals surface area contributed by atoms with Gasteiger partial charge in [0.15, 0.2) is 0 Å². The molecule has 78 valence electrons. The molecule has 2 heteroatoms. The van der Waals surface area contributed by atoms with Gasteiger partial charge in [-0.05, 0) is 43.5 Å². The van der Waals surface area contributed by atoms with Crippen molar-refractivity contribution in [3.8, 4) is 0 Å². The van der Waals surface area contributed by atoms with Gasteiger partial charge in [-0.1, -0.05) is 20.8 Å². The zero-order valence-corrected chi connectivity index (χ0v) is 9.99. The molecule has 1 heterocycles. The van der Waals surface area contributed by atoms with E-state index in [2.05, 4.69) is 37.8 Å². The minimum Gasteiger partial charge on any atom is -0.317 e. The third kappa shape index (κ3) is 4.37. The van der Waals surface area contributed by atoms with Crippen LogP contribution in [-0.2, 0) is 0 Å². The minimum atomic E-state index is 0.842. The Balaban J connectivity index is 2.17. The van der Waals surface area contributed by atoms with Crippen molar-refractivity contribution in [2.75, 3.05) is 18.8 Å². The van der Waals surface area contributed by atoms with Gasteiger partial charge in [0.2, 0.25) is 0 Å². The van der Waals surface area contributed by atoms with E-state index in [9.17, 15) is 0 Å². The zero-order valence-electron chi connectivity index (χ0n) is 9.18. The Bertz CT molecular complexity index is 130. The quantitative estimate of drug-likeness (QED) is 0.750. The first-order chi connectivity index (χ1) is 6.20. The van der Waals surface area contributed by atoms with Crippen LogP contribution in [0.15, 0.2) is 0 Å². The Morgan fingerprint density at radius 2 is 1.85 bits per heavy atom. The summed E-state index contributed by atoms with van der Waals surface area (Å²) in [5, 5.41) is 4.29. The highest BCUT2D eigenvalue weighted by atomic mass is 32.2. The lowest BCUT2D eigenvalue weighted by Crippen LogP contribution is -2.32. The summed E-state index contributed by atoms with van der Waals surface area (Å²) in [4.78, 5) is 0. The van der Waals surface area contributed by atoms with E-state index >= 15 is 0 Å². The molecule has 1 fully saturated rings. The summed E-state index contributed by atoms with van der Waals surface area (Å²) >= 11 is 2.16. The topological polar surface area (TPSA) is 12.0 Å². The van der Waals surface area contributed by atoms with Gasteiger partial charge in [0, 0.05) is 5.25 Å². The molecule has 1 N–H and O–H groups in total. The predicted octanol–water partition coefficient (Wildman–Crippen LogP) is 2.76. The normalized spacial score (nSPS) is 22.2. The van der Waals surface area contributed by atoms with Crippen LogP contribution < -0.4 is 5.32 Å². The molecule has 1 aliphatic heterocycles. The highest BCUT2D eigenvalue weighted by molar-refractivity contribution is 7.99. The maximum atomic E-state index is 3.43. The molecule has 1 atom stereocenters. The van der Waals surface area contributed by atoms with Crippen LogP contribution in [0.2, 0.25) is 0 Å². The molecule has 0 aliphatic carbocycles. The summed E-state index contributed by atoms with van der Waals surface area (Å²) < 4.78 is 0. The van der Waals surface area contributed by atoms with E-state index in [1.807, 2.05) is 0 Å². The Hall–Kier alpha value is 0.310. The van der Waals surface area contributed by atoms with Crippen molar-refractivity contribution in [1.29, 1.82) is 0 Å². The first kappa shape index (κ1) is 11.4. The van der Waals surface area contributed by atoms with Crippen molar-refractivity contribution in [3.63, 3.8) is 0 Å². The van der Waals surface area contributed by atoms with Crippen LogP contribution in [-0.4, -0.2) is 24.1 Å². The summed E-state index contributed by atoms with van der Waals surface area (Å²) in [5.41, 5.74) is 0. The van der Waals surface area contributed by atoms with E-state index in [1.165, 1.54) is 31.7 Å². The molecule has 0 amide bonds. The molecule has 1 nitrogen and oxygen atoms in total. The van der Waals surface area contributed by atoms with Crippen molar-refractivity contribution in [2.24, 2.45) is 11.8 Å². The highest BCUT2D eigenvalue weighted by Crippen LogP contribution is 2.27. The molecule has 1 rings (SSSR count). The lowest BCUT2D eigenvalue weighted by atomic mass is 9.95. The zero-order chi connectivity index (χ0) is 9.68. The molecule has 0 aromatic rings. The second-order valence-corrected chi connectivity index (χ2v) is 5.93. The van der Waals surface area contributed by atoms with Gasteiger partial charge < -0.3 is 5.32 Å². The van der Waals surface area contributed by atoms with Gasteiger partial charge in [-0.2, -0.15) is 11.8 Å². The van der Waals surface area contributed by atoms with Crippen molar-refractivity contribution in [2.45, 2.75) is 38.9 Å². The maximum Gasteiger partial charge on any atom is 0.00480 e. The molecule has 0 bridgehead atoms. The molecule has 1 saturated heterocycles. The number of hydrogen-bond donors (Lipinski definition) is 1. The largest absolute Gasteiger partial charge is 0.317 e. The van der Waals surface area contributed by atoms with Crippen LogP contribution in [0.1, 0.15) is 33.6 Å². The second-order valence-electron chi connectivity index (χ2n) is 4.52. The molecule has 0 saturated carbocycles. The molecule has 1 aliphatic rings. The number of rotatable bonds is 4. The van der Waals surface area contributed by atoms with Gasteiger partial charge in [0.25, 0.3) is 0 Å². The number of nitrogens with one attached hydrogen (secondary N) is 1. The Labute approximate surface area is 87.1 Å². The summed E-state index contributed by atoms with van der Waals surface area (Å²) in [5.74, 6) is 3.13. The first-order valence-corrected chi connectivity index (χ1v) is 6.57. The third-order valence-electron chi connectivity index (χ3n) is 2.74. The molecular weight excluding hydrogens is 178 g/mol. The number of piperidine rings is 1. The van der Waals surface area contributed by atoms with Crippen LogP contribution >= 0.6 is 11.8 Å². The Morgan fingerprint density at radius 1 is 1.23 bits per heavy atom. The standard InChI is InChI=1S/C11H23NS/c1-9(2)8-13-10(3)11-4-6-12-7-5-11/h9-12H,4-8H2,1-3H3. The average molecular weight is 201 g/mol. The predicted molar refractivity (Wildman–Crippen MR) is 62.4 cm³/mol. The smallest absolute Gasteiger partial charge is 0.00480 e. The third-order valence-corrected chi connectivity index (χ3v) is 4.51. The van der Waals surface area contributed by atoms with Crippen molar-refractivity contribution in [1.82, 2.24) is 5.32 Å². The van der Waals surface area contributed by atoms with Gasteiger partial charge in [0.1, 0.15) is 0 Å². The molecule has 13 heavy (non-hydrogen) atoms. The molecule has 0 aromatic carbocycles. The monoisotopic (exact) mass is 201 g/mol. The molecule has 0 aromatic heterocycles. The van der Waals surface area contributed by atoms with Crippen LogP contribution in [0.3, 0.4) is 0 Å². The van der Waals surface area contributed by atoms with Gasteiger partial charge in [-0.25, -0.2) is 0 Å². The summed E-state index contributed by atoms with van der Waals surface area (Å²) in [6.07, 6.45) is 2.76. The fourth-order valence-electron chi connectivity index (χ4n) is 1.79. The molecular formula is C11H23NS. The van der Waals surface area contributed by atoms with Crippen LogP contribution in [0.5, 0.6) is 0 Å². The number of thioether (sulfide) groups is 1. The van der Waals surface area contributed by atoms with E-state index < -0.39 is 0 Å². The van der Waals surface area contributed by atoms with E-state index in [0.717, 1.165) is 17.1 Å². The minimum absolute atomic E-state index is 0.842. The Morgan fingerprint density at radius 3 is 2.38 bits per heavy atom. The highest BCUT2D eigenvalue weighted by Gasteiger charge is 2.19.